The van der Waals surface area contributed by atoms with Crippen LogP contribution in [0.5, 0.6) is 0 Å². The summed E-state index contributed by atoms with van der Waals surface area (Å²) in [6.45, 7) is 6.73. The molecule has 1 saturated heterocycles. The highest BCUT2D eigenvalue weighted by molar-refractivity contribution is 7.90. The quantitative estimate of drug-likeness (QED) is 0.441. The van der Waals surface area contributed by atoms with E-state index in [0.29, 0.717) is 12.5 Å². The van der Waals surface area contributed by atoms with Gasteiger partial charge in [-0.25, -0.2) is 22.3 Å². The van der Waals surface area contributed by atoms with Gasteiger partial charge in [0, 0.05) is 35.5 Å². The molecule has 3 aromatic heterocycles. The summed E-state index contributed by atoms with van der Waals surface area (Å²) >= 11 is 0. The zero-order valence-electron chi connectivity index (χ0n) is 19.8. The molecule has 0 unspecified atom stereocenters. The summed E-state index contributed by atoms with van der Waals surface area (Å²) in [5, 5.41) is 5.28. The Hall–Kier alpha value is -2.78. The van der Waals surface area contributed by atoms with Gasteiger partial charge in [0.1, 0.15) is 16.2 Å². The van der Waals surface area contributed by atoms with Crippen molar-refractivity contribution in [3.05, 3.63) is 53.7 Å². The fourth-order valence-electron chi connectivity index (χ4n) is 5.12. The molecule has 7 nitrogen and oxygen atoms in total. The molecular formula is C25H30FN5O2S. The van der Waals surface area contributed by atoms with Crippen LogP contribution in [0.4, 0.5) is 4.39 Å². The number of hydrogen-bond acceptors (Lipinski definition) is 5. The number of piperidine rings is 1. The molecule has 1 aliphatic rings. The maximum absolute atomic E-state index is 14.6. The second kappa shape index (κ2) is 8.78. The smallest absolute Gasteiger partial charge is 0.191 e. The summed E-state index contributed by atoms with van der Waals surface area (Å²) in [5.74, 6) is 0.508. The van der Waals surface area contributed by atoms with Crippen molar-refractivity contribution in [2.75, 3.05) is 31.6 Å². The molecule has 0 saturated carbocycles. The first kappa shape index (κ1) is 23.0. The Morgan fingerprint density at radius 2 is 1.97 bits per heavy atom. The number of rotatable bonds is 6. The fraction of sp³-hybridized carbons (Fsp3) is 0.440. The van der Waals surface area contributed by atoms with E-state index in [4.69, 9.17) is 0 Å². The number of hydrogen-bond donors (Lipinski definition) is 1. The van der Waals surface area contributed by atoms with Crippen molar-refractivity contribution in [3.63, 3.8) is 0 Å². The Kier molecular flexibility index (Phi) is 5.93. The van der Waals surface area contributed by atoms with E-state index in [2.05, 4.69) is 52.0 Å². The molecule has 1 aromatic carbocycles. The molecule has 34 heavy (non-hydrogen) atoms. The first-order valence-electron chi connectivity index (χ1n) is 11.7. The minimum Gasteiger partial charge on any atom is -0.354 e. The van der Waals surface area contributed by atoms with Crippen LogP contribution < -0.4 is 0 Å². The number of pyridine rings is 1. The lowest BCUT2D eigenvalue weighted by atomic mass is 9.87. The number of H-pyrrole nitrogens is 1. The zero-order chi connectivity index (χ0) is 24.0. The first-order valence-corrected chi connectivity index (χ1v) is 13.8. The minimum atomic E-state index is -2.94. The van der Waals surface area contributed by atoms with Crippen molar-refractivity contribution >= 4 is 26.4 Å². The van der Waals surface area contributed by atoms with Crippen molar-refractivity contribution in [1.29, 1.82) is 0 Å². The molecule has 0 atom stereocenters. The Morgan fingerprint density at radius 3 is 2.68 bits per heavy atom. The van der Waals surface area contributed by atoms with Gasteiger partial charge in [0.15, 0.2) is 11.5 Å². The summed E-state index contributed by atoms with van der Waals surface area (Å²) < 4.78 is 39.1. The van der Waals surface area contributed by atoms with Crippen LogP contribution in [0.2, 0.25) is 0 Å². The number of nitrogens with one attached hydrogen (secondary N) is 1. The van der Waals surface area contributed by atoms with Crippen molar-refractivity contribution in [2.45, 2.75) is 38.5 Å². The third-order valence-electron chi connectivity index (χ3n) is 6.90. The number of fused-ring (bicyclic) bond motifs is 2. The lowest BCUT2D eigenvalue weighted by Crippen LogP contribution is -2.36. The molecule has 180 valence electrons. The highest BCUT2D eigenvalue weighted by atomic mass is 32.2. The van der Waals surface area contributed by atoms with E-state index in [0.717, 1.165) is 42.7 Å². The minimum absolute atomic E-state index is 0.217. The van der Waals surface area contributed by atoms with Gasteiger partial charge < -0.3 is 9.88 Å². The molecule has 1 N–H and O–H groups in total. The van der Waals surface area contributed by atoms with E-state index in [1.807, 2.05) is 6.20 Å². The standard InChI is InChI=1S/C25H30FN5O2S/c1-16(2)23-20-12-18(17-6-8-30(9-7-17)10-11-34(3,32)33)4-5-22(20)29-24(23)19-13-21(26)25-27-15-28-31(25)14-19/h4-5,12-17,29H,6-11H2,1-3H3. The number of nitrogens with zero attached hydrogens (tertiary/aromatic N) is 4. The van der Waals surface area contributed by atoms with Crippen LogP contribution in [-0.4, -0.2) is 64.5 Å². The summed E-state index contributed by atoms with van der Waals surface area (Å²) in [7, 11) is -2.94. The summed E-state index contributed by atoms with van der Waals surface area (Å²) in [6.07, 6.45) is 6.49. The van der Waals surface area contributed by atoms with Gasteiger partial charge in [0.05, 0.1) is 11.4 Å². The van der Waals surface area contributed by atoms with Gasteiger partial charge in [-0.05, 0) is 67.1 Å². The molecule has 1 fully saturated rings. The normalized spacial score (nSPS) is 16.3. The lowest BCUT2D eigenvalue weighted by molar-refractivity contribution is 0.223. The van der Waals surface area contributed by atoms with Crippen molar-refractivity contribution < 1.29 is 12.8 Å². The predicted octanol–water partition coefficient (Wildman–Crippen LogP) is 4.36. The molecule has 1 aliphatic heterocycles. The fourth-order valence-corrected chi connectivity index (χ4v) is 5.71. The number of likely N-dealkylation sites (tertiary alicyclic amines) is 1. The maximum Gasteiger partial charge on any atom is 0.191 e. The molecule has 0 radical (unpaired) electrons. The van der Waals surface area contributed by atoms with E-state index < -0.39 is 15.7 Å². The van der Waals surface area contributed by atoms with Crippen LogP contribution in [0.25, 0.3) is 27.8 Å². The van der Waals surface area contributed by atoms with Crippen LogP contribution in [0.15, 0.2) is 36.8 Å². The Labute approximate surface area is 198 Å². The third kappa shape index (κ3) is 4.46. The van der Waals surface area contributed by atoms with Crippen LogP contribution in [0, 0.1) is 5.82 Å². The Morgan fingerprint density at radius 1 is 1.21 bits per heavy atom. The molecule has 5 rings (SSSR count). The number of aromatic nitrogens is 4. The molecular weight excluding hydrogens is 453 g/mol. The molecule has 4 heterocycles. The van der Waals surface area contributed by atoms with Crippen molar-refractivity contribution in [2.24, 2.45) is 0 Å². The van der Waals surface area contributed by atoms with Gasteiger partial charge in [0.25, 0.3) is 0 Å². The zero-order valence-corrected chi connectivity index (χ0v) is 20.6. The number of aromatic amines is 1. The molecule has 0 aliphatic carbocycles. The highest BCUT2D eigenvalue weighted by Gasteiger charge is 2.23. The first-order chi connectivity index (χ1) is 16.2. The lowest BCUT2D eigenvalue weighted by Gasteiger charge is -2.32. The van der Waals surface area contributed by atoms with Crippen LogP contribution in [-0.2, 0) is 9.84 Å². The van der Waals surface area contributed by atoms with E-state index in [1.54, 1.807) is 0 Å². The summed E-state index contributed by atoms with van der Waals surface area (Å²) in [4.78, 5) is 9.75. The van der Waals surface area contributed by atoms with E-state index in [-0.39, 0.29) is 17.3 Å². The summed E-state index contributed by atoms with van der Waals surface area (Å²) in [5.41, 5.74) is 5.38. The molecule has 0 spiro atoms. The monoisotopic (exact) mass is 483 g/mol. The van der Waals surface area contributed by atoms with E-state index in [9.17, 15) is 12.8 Å². The highest BCUT2D eigenvalue weighted by Crippen LogP contribution is 2.38. The SMILES string of the molecule is CC(C)c1c(-c2cc(F)c3ncnn3c2)[nH]c2ccc(C3CCN(CCS(C)(=O)=O)CC3)cc12. The molecule has 9 heteroatoms. The number of sulfone groups is 1. The largest absolute Gasteiger partial charge is 0.354 e. The molecule has 4 aromatic rings. The third-order valence-corrected chi connectivity index (χ3v) is 7.82. The van der Waals surface area contributed by atoms with Gasteiger partial charge in [-0.2, -0.15) is 5.10 Å². The van der Waals surface area contributed by atoms with Gasteiger partial charge in [-0.1, -0.05) is 19.9 Å². The van der Waals surface area contributed by atoms with E-state index in [1.165, 1.54) is 39.7 Å². The van der Waals surface area contributed by atoms with Crippen LogP contribution in [0.1, 0.15) is 49.7 Å². The Bertz CT molecular complexity index is 1450. The van der Waals surface area contributed by atoms with Crippen LogP contribution in [0.3, 0.4) is 0 Å². The van der Waals surface area contributed by atoms with Gasteiger partial charge in [-0.3, -0.25) is 0 Å². The van der Waals surface area contributed by atoms with Gasteiger partial charge in [0.2, 0.25) is 0 Å². The van der Waals surface area contributed by atoms with E-state index >= 15 is 0 Å². The van der Waals surface area contributed by atoms with Crippen molar-refractivity contribution in [1.82, 2.24) is 24.5 Å². The van der Waals surface area contributed by atoms with Crippen LogP contribution >= 0.6 is 0 Å². The number of halogens is 1. The second-order valence-corrected chi connectivity index (χ2v) is 12.0. The number of benzene rings is 1. The Balaban J connectivity index is 1.45. The molecule has 0 amide bonds. The topological polar surface area (TPSA) is 83.4 Å². The molecule has 0 bridgehead atoms. The maximum atomic E-state index is 14.6. The average Bonchev–Trinajstić information content (AvgIpc) is 3.42. The van der Waals surface area contributed by atoms with Crippen molar-refractivity contribution in [3.8, 4) is 11.3 Å². The predicted molar refractivity (Wildman–Crippen MR) is 132 cm³/mol. The average molecular weight is 484 g/mol. The second-order valence-electron chi connectivity index (χ2n) is 9.72. The van der Waals surface area contributed by atoms with Gasteiger partial charge >= 0.3 is 0 Å². The summed E-state index contributed by atoms with van der Waals surface area (Å²) in [6, 6.07) is 8.12. The van der Waals surface area contributed by atoms with Gasteiger partial charge in [-0.15, -0.1) is 0 Å².